The molecular weight excluding hydrogens is 142 g/mol. The first-order chi connectivity index (χ1) is 5.34. The van der Waals surface area contributed by atoms with Gasteiger partial charge in [0.05, 0.1) is 0 Å². The molecule has 0 fully saturated rings. The number of hydrogen-bond acceptors (Lipinski definition) is 3. The van der Waals surface area contributed by atoms with E-state index < -0.39 is 0 Å². The van der Waals surface area contributed by atoms with Crippen LogP contribution in [0.2, 0.25) is 0 Å². The lowest BCUT2D eigenvalue weighted by Gasteiger charge is -2.02. The Hall–Kier alpha value is -1.25. The van der Waals surface area contributed by atoms with Gasteiger partial charge in [-0.3, -0.25) is 0 Å². The molecule has 0 saturated heterocycles. The lowest BCUT2D eigenvalue weighted by molar-refractivity contribution is -0.138. The monoisotopic (exact) mass is 153 g/mol. The molecule has 0 spiro atoms. The smallest absolute Gasteiger partial charge is 0.354 e. The third-order valence-corrected chi connectivity index (χ3v) is 1.36. The predicted octanol–water partition coefficient (Wildman–Crippen LogP) is 0.593. The van der Waals surface area contributed by atoms with Crippen LogP contribution in [0.1, 0.15) is 6.42 Å². The molecule has 1 aliphatic heterocycles. The van der Waals surface area contributed by atoms with Crippen LogP contribution in [0.25, 0.3) is 0 Å². The molecule has 1 rings (SSSR count). The van der Waals surface area contributed by atoms with Gasteiger partial charge in [0, 0.05) is 6.54 Å². The zero-order valence-corrected chi connectivity index (χ0v) is 6.30. The Morgan fingerprint density at radius 1 is 1.91 bits per heavy atom. The van der Waals surface area contributed by atoms with Gasteiger partial charge in [0.15, 0.2) is 0 Å². The van der Waals surface area contributed by atoms with Crippen molar-refractivity contribution in [2.24, 2.45) is 0 Å². The number of rotatable bonds is 3. The summed E-state index contributed by atoms with van der Waals surface area (Å²) in [5.41, 5.74) is 0.576. The van der Waals surface area contributed by atoms with Crippen LogP contribution in [-0.4, -0.2) is 19.1 Å². The molecule has 3 nitrogen and oxygen atoms in total. The molecule has 60 valence electrons. The largest absolute Gasteiger partial charge is 0.457 e. The van der Waals surface area contributed by atoms with Crippen LogP contribution in [0, 0.1) is 0 Å². The third kappa shape index (κ3) is 2.11. The van der Waals surface area contributed by atoms with Gasteiger partial charge in [-0.15, -0.1) is 0 Å². The number of nitrogens with one attached hydrogen (secondary N) is 1. The second kappa shape index (κ2) is 3.81. The summed E-state index contributed by atoms with van der Waals surface area (Å²) in [7, 11) is 0. The second-order valence-corrected chi connectivity index (χ2v) is 2.22. The average Bonchev–Trinajstić information content (AvgIpc) is 2.52. The van der Waals surface area contributed by atoms with Crippen molar-refractivity contribution in [3.8, 4) is 0 Å². The minimum atomic E-state index is -0.289. The van der Waals surface area contributed by atoms with Gasteiger partial charge in [0.1, 0.15) is 12.3 Å². The fraction of sp³-hybridized carbons (Fsp3) is 0.375. The topological polar surface area (TPSA) is 38.3 Å². The number of ether oxygens (including phenoxy) is 1. The molecule has 0 bridgehead atoms. The highest BCUT2D eigenvalue weighted by Crippen LogP contribution is 2.02. The van der Waals surface area contributed by atoms with Gasteiger partial charge in [0.25, 0.3) is 0 Å². The summed E-state index contributed by atoms with van der Waals surface area (Å²) in [6.45, 7) is 4.55. The average molecular weight is 153 g/mol. The van der Waals surface area contributed by atoms with Crippen molar-refractivity contribution in [2.45, 2.75) is 6.42 Å². The molecule has 0 unspecified atom stereocenters. The summed E-state index contributed by atoms with van der Waals surface area (Å²) in [4.78, 5) is 11.0. The number of hydrogen-bond donors (Lipinski definition) is 1. The van der Waals surface area contributed by atoms with Crippen LogP contribution in [-0.2, 0) is 9.53 Å². The highest BCUT2D eigenvalue weighted by atomic mass is 16.5. The normalized spacial score (nSPS) is 15.1. The maximum Gasteiger partial charge on any atom is 0.354 e. The Bertz CT molecular complexity index is 196. The first-order valence-corrected chi connectivity index (χ1v) is 3.56. The Balaban J connectivity index is 2.34. The molecule has 0 amide bonds. The van der Waals surface area contributed by atoms with E-state index in [1.54, 1.807) is 6.08 Å². The third-order valence-electron chi connectivity index (χ3n) is 1.36. The van der Waals surface area contributed by atoms with Crippen molar-refractivity contribution in [2.75, 3.05) is 13.2 Å². The maximum atomic E-state index is 11.0. The van der Waals surface area contributed by atoms with Gasteiger partial charge in [-0.1, -0.05) is 18.7 Å². The van der Waals surface area contributed by atoms with Gasteiger partial charge in [-0.2, -0.15) is 0 Å². The van der Waals surface area contributed by atoms with E-state index in [0.717, 1.165) is 13.0 Å². The Kier molecular flexibility index (Phi) is 2.72. The second-order valence-electron chi connectivity index (χ2n) is 2.22. The zero-order chi connectivity index (χ0) is 8.10. The van der Waals surface area contributed by atoms with E-state index in [0.29, 0.717) is 5.70 Å². The Labute approximate surface area is 65.7 Å². The van der Waals surface area contributed by atoms with E-state index in [1.165, 1.54) is 0 Å². The number of carbonyl (C=O) groups is 1. The van der Waals surface area contributed by atoms with E-state index in [4.69, 9.17) is 4.74 Å². The standard InChI is InChI=1S/C8H11NO2/c1-2-6-11-8(10)7-4-3-5-9-7/h2,4,9H,1,3,5-6H2. The molecule has 0 aliphatic carbocycles. The van der Waals surface area contributed by atoms with Gasteiger partial charge in [-0.25, -0.2) is 4.79 Å². The molecule has 0 saturated carbocycles. The fourth-order valence-corrected chi connectivity index (χ4v) is 0.863. The molecule has 1 N–H and O–H groups in total. The van der Waals surface area contributed by atoms with Gasteiger partial charge in [0.2, 0.25) is 0 Å². The molecular formula is C8H11NO2. The first kappa shape index (κ1) is 7.85. The highest BCUT2D eigenvalue weighted by molar-refractivity contribution is 5.88. The Morgan fingerprint density at radius 3 is 3.27 bits per heavy atom. The minimum absolute atomic E-state index is 0.276. The Morgan fingerprint density at radius 2 is 2.73 bits per heavy atom. The van der Waals surface area contributed by atoms with Gasteiger partial charge in [-0.05, 0) is 6.42 Å². The minimum Gasteiger partial charge on any atom is -0.457 e. The van der Waals surface area contributed by atoms with Crippen LogP contribution in [0.4, 0.5) is 0 Å². The van der Waals surface area contributed by atoms with Crippen LogP contribution in [0.5, 0.6) is 0 Å². The van der Waals surface area contributed by atoms with Crippen molar-refractivity contribution in [1.82, 2.24) is 5.32 Å². The fourth-order valence-electron chi connectivity index (χ4n) is 0.863. The van der Waals surface area contributed by atoms with E-state index >= 15 is 0 Å². The highest BCUT2D eigenvalue weighted by Gasteiger charge is 2.12. The van der Waals surface area contributed by atoms with Crippen LogP contribution in [0.3, 0.4) is 0 Å². The quantitative estimate of drug-likeness (QED) is 0.476. The molecule has 1 aliphatic rings. The maximum absolute atomic E-state index is 11.0. The summed E-state index contributed by atoms with van der Waals surface area (Å²) >= 11 is 0. The van der Waals surface area contributed by atoms with Crippen molar-refractivity contribution < 1.29 is 9.53 Å². The predicted molar refractivity (Wildman–Crippen MR) is 41.9 cm³/mol. The molecule has 0 atom stereocenters. The van der Waals surface area contributed by atoms with Crippen LogP contribution >= 0.6 is 0 Å². The van der Waals surface area contributed by atoms with Crippen molar-refractivity contribution in [3.63, 3.8) is 0 Å². The van der Waals surface area contributed by atoms with E-state index in [-0.39, 0.29) is 12.6 Å². The summed E-state index contributed by atoms with van der Waals surface area (Å²) in [6.07, 6.45) is 4.29. The van der Waals surface area contributed by atoms with Crippen molar-refractivity contribution in [3.05, 3.63) is 24.4 Å². The van der Waals surface area contributed by atoms with Crippen LogP contribution < -0.4 is 5.32 Å². The van der Waals surface area contributed by atoms with Crippen molar-refractivity contribution >= 4 is 5.97 Å². The van der Waals surface area contributed by atoms with E-state index in [1.807, 2.05) is 6.08 Å². The SMILES string of the molecule is C=CCOC(=O)C1=CCCN1. The molecule has 0 radical (unpaired) electrons. The molecule has 0 aromatic heterocycles. The molecule has 3 heteroatoms. The van der Waals surface area contributed by atoms with Crippen molar-refractivity contribution in [1.29, 1.82) is 0 Å². The lowest BCUT2D eigenvalue weighted by Crippen LogP contribution is -2.18. The number of esters is 1. The van der Waals surface area contributed by atoms with Gasteiger partial charge < -0.3 is 10.1 Å². The summed E-state index contributed by atoms with van der Waals surface area (Å²) in [6, 6.07) is 0. The van der Waals surface area contributed by atoms with Gasteiger partial charge >= 0.3 is 5.97 Å². The summed E-state index contributed by atoms with van der Waals surface area (Å²) < 4.78 is 4.79. The molecule has 0 aromatic rings. The summed E-state index contributed by atoms with van der Waals surface area (Å²) in [5.74, 6) is -0.289. The molecule has 11 heavy (non-hydrogen) atoms. The first-order valence-electron chi connectivity index (χ1n) is 3.56. The van der Waals surface area contributed by atoms with E-state index in [2.05, 4.69) is 11.9 Å². The zero-order valence-electron chi connectivity index (χ0n) is 6.30. The molecule has 0 aromatic carbocycles. The molecule has 1 heterocycles. The van der Waals surface area contributed by atoms with Crippen LogP contribution in [0.15, 0.2) is 24.4 Å². The summed E-state index contributed by atoms with van der Waals surface area (Å²) in [5, 5.41) is 2.92. The lowest BCUT2D eigenvalue weighted by atomic mass is 10.4. The number of carbonyl (C=O) groups excluding carboxylic acids is 1. The van der Waals surface area contributed by atoms with E-state index in [9.17, 15) is 4.79 Å².